The molecule has 1 aliphatic rings. The standard InChI is InChI=1S/C8H12O5/c1-5-8(12-13-8)11-6(9)10-7(2,3)4/h5H,1H2,2-4H3. The van der Waals surface area contributed by atoms with Crippen molar-refractivity contribution in [3.63, 3.8) is 0 Å². The molecule has 0 atom stereocenters. The lowest BCUT2D eigenvalue weighted by molar-refractivity contribution is -0.0522. The minimum absolute atomic E-state index is 0.603. The van der Waals surface area contributed by atoms with Crippen molar-refractivity contribution in [2.24, 2.45) is 0 Å². The van der Waals surface area contributed by atoms with Gasteiger partial charge in [0.25, 0.3) is 0 Å². The lowest BCUT2D eigenvalue weighted by Gasteiger charge is -2.18. The van der Waals surface area contributed by atoms with Crippen LogP contribution in [0.4, 0.5) is 4.79 Å². The third kappa shape index (κ3) is 3.04. The molecule has 0 N–H and O–H groups in total. The maximum atomic E-state index is 11.0. The van der Waals surface area contributed by atoms with E-state index in [1.165, 1.54) is 6.08 Å². The third-order valence-corrected chi connectivity index (χ3v) is 1.11. The second kappa shape index (κ2) is 3.01. The molecule has 5 heteroatoms. The SMILES string of the molecule is C=CC1(OC(=O)OC(C)(C)C)OO1. The van der Waals surface area contributed by atoms with E-state index in [1.54, 1.807) is 20.8 Å². The Kier molecular flexibility index (Phi) is 2.32. The second-order valence-electron chi connectivity index (χ2n) is 3.54. The van der Waals surface area contributed by atoms with Crippen molar-refractivity contribution in [1.82, 2.24) is 0 Å². The minimum Gasteiger partial charge on any atom is -0.428 e. The molecule has 0 aromatic heterocycles. The molecule has 0 amide bonds. The van der Waals surface area contributed by atoms with Gasteiger partial charge in [-0.15, -0.1) is 9.78 Å². The normalized spacial score (nSPS) is 19.0. The average Bonchev–Trinajstić information content (AvgIpc) is 2.65. The van der Waals surface area contributed by atoms with Gasteiger partial charge in [0.15, 0.2) is 0 Å². The van der Waals surface area contributed by atoms with Gasteiger partial charge in [0.1, 0.15) is 5.60 Å². The summed E-state index contributed by atoms with van der Waals surface area (Å²) in [6.45, 7) is 8.54. The highest BCUT2D eigenvalue weighted by molar-refractivity contribution is 5.61. The van der Waals surface area contributed by atoms with Gasteiger partial charge in [0.2, 0.25) is 0 Å². The molecular weight excluding hydrogens is 176 g/mol. The van der Waals surface area contributed by atoms with E-state index in [9.17, 15) is 4.79 Å². The van der Waals surface area contributed by atoms with E-state index in [0.717, 1.165) is 0 Å². The first-order chi connectivity index (χ1) is 5.87. The van der Waals surface area contributed by atoms with Crippen LogP contribution in [0.3, 0.4) is 0 Å². The van der Waals surface area contributed by atoms with Crippen molar-refractivity contribution in [1.29, 1.82) is 0 Å². The Balaban J connectivity index is 2.38. The van der Waals surface area contributed by atoms with Gasteiger partial charge in [0.05, 0.1) is 0 Å². The van der Waals surface area contributed by atoms with E-state index in [4.69, 9.17) is 4.74 Å². The fourth-order valence-corrected chi connectivity index (χ4v) is 0.572. The van der Waals surface area contributed by atoms with Crippen LogP contribution in [-0.4, -0.2) is 17.7 Å². The highest BCUT2D eigenvalue weighted by Gasteiger charge is 2.52. The molecule has 13 heavy (non-hydrogen) atoms. The number of hydrogen-bond donors (Lipinski definition) is 0. The van der Waals surface area contributed by atoms with Gasteiger partial charge in [-0.1, -0.05) is 6.58 Å². The Morgan fingerprint density at radius 2 is 2.00 bits per heavy atom. The van der Waals surface area contributed by atoms with Crippen LogP contribution in [0.1, 0.15) is 20.8 Å². The Morgan fingerprint density at radius 3 is 2.31 bits per heavy atom. The van der Waals surface area contributed by atoms with E-state index in [0.29, 0.717) is 0 Å². The fourth-order valence-electron chi connectivity index (χ4n) is 0.572. The number of ether oxygens (including phenoxy) is 2. The molecule has 1 aliphatic heterocycles. The van der Waals surface area contributed by atoms with Crippen molar-refractivity contribution in [3.8, 4) is 0 Å². The summed E-state index contributed by atoms with van der Waals surface area (Å²) >= 11 is 0. The van der Waals surface area contributed by atoms with E-state index in [2.05, 4.69) is 21.1 Å². The molecular formula is C8H12O5. The first kappa shape index (κ1) is 10.0. The van der Waals surface area contributed by atoms with E-state index >= 15 is 0 Å². The molecule has 0 saturated carbocycles. The second-order valence-corrected chi connectivity index (χ2v) is 3.54. The zero-order valence-corrected chi connectivity index (χ0v) is 7.83. The largest absolute Gasteiger partial charge is 0.513 e. The minimum atomic E-state index is -1.43. The lowest BCUT2D eigenvalue weighted by atomic mass is 10.2. The highest BCUT2D eigenvalue weighted by atomic mass is 17.5. The van der Waals surface area contributed by atoms with Gasteiger partial charge in [-0.3, -0.25) is 0 Å². The lowest BCUT2D eigenvalue weighted by Crippen LogP contribution is -2.28. The summed E-state index contributed by atoms with van der Waals surface area (Å²) in [5, 5.41) is 0. The van der Waals surface area contributed by atoms with Crippen LogP contribution in [-0.2, 0) is 19.2 Å². The quantitative estimate of drug-likeness (QED) is 0.286. The molecule has 0 spiro atoms. The van der Waals surface area contributed by atoms with Gasteiger partial charge in [-0.25, -0.2) is 4.79 Å². The fraction of sp³-hybridized carbons (Fsp3) is 0.625. The van der Waals surface area contributed by atoms with Crippen molar-refractivity contribution >= 4 is 6.16 Å². The maximum Gasteiger partial charge on any atom is 0.513 e. The Bertz CT molecular complexity index is 223. The molecule has 1 rings (SSSR count). The molecule has 5 nitrogen and oxygen atoms in total. The van der Waals surface area contributed by atoms with Crippen LogP contribution in [0.2, 0.25) is 0 Å². The topological polar surface area (TPSA) is 60.6 Å². The van der Waals surface area contributed by atoms with E-state index < -0.39 is 17.7 Å². The molecule has 0 unspecified atom stereocenters. The van der Waals surface area contributed by atoms with Gasteiger partial charge in [0, 0.05) is 6.08 Å². The molecule has 0 radical (unpaired) electrons. The van der Waals surface area contributed by atoms with E-state index in [1.807, 2.05) is 0 Å². The van der Waals surface area contributed by atoms with Gasteiger partial charge >= 0.3 is 12.1 Å². The monoisotopic (exact) mass is 188 g/mol. The maximum absolute atomic E-state index is 11.0. The molecule has 1 heterocycles. The number of carbonyl (C=O) groups excluding carboxylic acids is 1. The van der Waals surface area contributed by atoms with Crippen molar-refractivity contribution in [2.75, 3.05) is 0 Å². The molecule has 1 saturated heterocycles. The molecule has 0 aromatic rings. The van der Waals surface area contributed by atoms with Crippen LogP contribution >= 0.6 is 0 Å². The van der Waals surface area contributed by atoms with Crippen LogP contribution in [0.25, 0.3) is 0 Å². The molecule has 0 aromatic carbocycles. The Labute approximate surface area is 76.1 Å². The van der Waals surface area contributed by atoms with Crippen LogP contribution < -0.4 is 0 Å². The van der Waals surface area contributed by atoms with Crippen molar-refractivity contribution < 1.29 is 24.0 Å². The number of rotatable bonds is 2. The zero-order chi connectivity index (χ0) is 10.1. The van der Waals surface area contributed by atoms with Gasteiger partial charge < -0.3 is 9.47 Å². The summed E-state index contributed by atoms with van der Waals surface area (Å²) in [6, 6.07) is 0. The van der Waals surface area contributed by atoms with Crippen molar-refractivity contribution in [2.45, 2.75) is 32.3 Å². The summed E-state index contributed by atoms with van der Waals surface area (Å²) < 4.78 is 9.50. The predicted molar refractivity (Wildman–Crippen MR) is 42.4 cm³/mol. The average molecular weight is 188 g/mol. The Morgan fingerprint density at radius 1 is 1.46 bits per heavy atom. The number of carbonyl (C=O) groups is 1. The summed E-state index contributed by atoms with van der Waals surface area (Å²) in [6.07, 6.45) is 0.363. The van der Waals surface area contributed by atoms with Gasteiger partial charge in [-0.2, -0.15) is 0 Å². The molecule has 0 bridgehead atoms. The summed E-state index contributed by atoms with van der Waals surface area (Å²) in [4.78, 5) is 19.8. The van der Waals surface area contributed by atoms with E-state index in [-0.39, 0.29) is 0 Å². The molecule has 0 aliphatic carbocycles. The summed E-state index contributed by atoms with van der Waals surface area (Å²) in [7, 11) is 0. The van der Waals surface area contributed by atoms with Gasteiger partial charge in [-0.05, 0) is 20.8 Å². The highest BCUT2D eigenvalue weighted by Crippen LogP contribution is 2.32. The first-order valence-corrected chi connectivity index (χ1v) is 3.79. The first-order valence-electron chi connectivity index (χ1n) is 3.79. The van der Waals surface area contributed by atoms with Crippen LogP contribution in [0.15, 0.2) is 12.7 Å². The Hall–Kier alpha value is -1.07. The summed E-state index contributed by atoms with van der Waals surface area (Å²) in [5.74, 6) is -1.43. The summed E-state index contributed by atoms with van der Waals surface area (Å²) in [5.41, 5.74) is -0.603. The molecule has 1 fully saturated rings. The third-order valence-electron chi connectivity index (χ3n) is 1.11. The smallest absolute Gasteiger partial charge is 0.428 e. The predicted octanol–water partition coefficient (Wildman–Crippen LogP) is 1.74. The van der Waals surface area contributed by atoms with Crippen molar-refractivity contribution in [3.05, 3.63) is 12.7 Å². The number of hydrogen-bond acceptors (Lipinski definition) is 5. The van der Waals surface area contributed by atoms with Crippen LogP contribution in [0.5, 0.6) is 0 Å². The van der Waals surface area contributed by atoms with Crippen LogP contribution in [0, 0.1) is 0 Å². The molecule has 74 valence electrons. The zero-order valence-electron chi connectivity index (χ0n) is 7.83.